The zero-order valence-electron chi connectivity index (χ0n) is 23.2. The standard InChI is InChI=1S/C30H37N9O/c1-20-4-3-5-23(18-20)35-30(40)34-22-8-6-21(7-9-22)27-26-28(31)32-19-33-29(26)39(36-27)25-12-10-24(11-13-25)38-16-14-37(2)15-17-38/h3-9,18-19,24-25H,10-17H2,1-2H3,(H2,31,32,33)(H2,34,35,40). The number of nitrogens with one attached hydrogen (secondary N) is 2. The second-order valence-electron chi connectivity index (χ2n) is 11.1. The van der Waals surface area contributed by atoms with Crippen molar-refractivity contribution >= 4 is 34.3 Å². The molecule has 0 unspecified atom stereocenters. The van der Waals surface area contributed by atoms with Gasteiger partial charge in [-0.2, -0.15) is 5.10 Å². The highest BCUT2D eigenvalue weighted by Gasteiger charge is 2.30. The van der Waals surface area contributed by atoms with Gasteiger partial charge in [-0.15, -0.1) is 0 Å². The molecule has 0 atom stereocenters. The number of hydrogen-bond donors (Lipinski definition) is 3. The average molecular weight is 540 g/mol. The smallest absolute Gasteiger partial charge is 0.323 e. The predicted molar refractivity (Wildman–Crippen MR) is 159 cm³/mol. The minimum Gasteiger partial charge on any atom is -0.383 e. The van der Waals surface area contributed by atoms with E-state index in [1.807, 2.05) is 55.5 Å². The number of benzene rings is 2. The maximum atomic E-state index is 12.5. The lowest BCUT2D eigenvalue weighted by molar-refractivity contribution is 0.0815. The lowest BCUT2D eigenvalue weighted by Crippen LogP contribution is -2.49. The maximum absolute atomic E-state index is 12.5. The number of carbonyl (C=O) groups excluding carboxylic acids is 1. The summed E-state index contributed by atoms with van der Waals surface area (Å²) < 4.78 is 2.07. The van der Waals surface area contributed by atoms with Gasteiger partial charge in [0.1, 0.15) is 17.8 Å². The summed E-state index contributed by atoms with van der Waals surface area (Å²) in [5, 5.41) is 11.6. The first kappa shape index (κ1) is 26.2. The Labute approximate surface area is 234 Å². The molecule has 10 nitrogen and oxygen atoms in total. The Morgan fingerprint density at radius 2 is 1.60 bits per heavy atom. The minimum absolute atomic E-state index is 0.278. The third kappa shape index (κ3) is 5.50. The van der Waals surface area contributed by atoms with Crippen LogP contribution in [0.4, 0.5) is 22.0 Å². The highest BCUT2D eigenvalue weighted by atomic mass is 16.2. The second kappa shape index (κ2) is 11.2. The number of nitrogens with zero attached hydrogens (tertiary/aromatic N) is 6. The monoisotopic (exact) mass is 539 g/mol. The van der Waals surface area contributed by atoms with Crippen molar-refractivity contribution < 1.29 is 4.79 Å². The summed E-state index contributed by atoms with van der Waals surface area (Å²) in [6.45, 7) is 6.60. The average Bonchev–Trinajstić information content (AvgIpc) is 3.35. The second-order valence-corrected chi connectivity index (χ2v) is 11.1. The molecule has 4 aromatic rings. The summed E-state index contributed by atoms with van der Waals surface area (Å²) in [5.74, 6) is 0.428. The fourth-order valence-electron chi connectivity index (χ4n) is 6.03. The number of fused-ring (bicyclic) bond motifs is 1. The Kier molecular flexibility index (Phi) is 7.36. The van der Waals surface area contributed by atoms with Crippen LogP contribution >= 0.6 is 0 Å². The molecule has 40 heavy (non-hydrogen) atoms. The van der Waals surface area contributed by atoms with Gasteiger partial charge in [0.05, 0.1) is 11.4 Å². The quantitative estimate of drug-likeness (QED) is 0.335. The third-order valence-corrected chi connectivity index (χ3v) is 8.28. The largest absolute Gasteiger partial charge is 0.383 e. The van der Waals surface area contributed by atoms with E-state index in [1.54, 1.807) is 0 Å². The molecule has 208 valence electrons. The molecule has 10 heteroatoms. The molecule has 0 radical (unpaired) electrons. The van der Waals surface area contributed by atoms with Crippen LogP contribution in [0.3, 0.4) is 0 Å². The van der Waals surface area contributed by atoms with E-state index in [2.05, 4.69) is 42.1 Å². The number of likely N-dealkylation sites (N-methyl/N-ethyl adjacent to an activating group) is 1. The molecule has 1 aliphatic heterocycles. The molecule has 2 aromatic carbocycles. The lowest BCUT2D eigenvalue weighted by atomic mass is 9.90. The van der Waals surface area contributed by atoms with Crippen LogP contribution in [0.5, 0.6) is 0 Å². The van der Waals surface area contributed by atoms with E-state index in [0.717, 1.165) is 85.4 Å². The Morgan fingerprint density at radius 1 is 0.900 bits per heavy atom. The minimum atomic E-state index is -0.294. The number of nitrogen functional groups attached to an aromatic ring is 1. The van der Waals surface area contributed by atoms with Crippen LogP contribution in [0.25, 0.3) is 22.3 Å². The molecule has 2 aliphatic rings. The summed E-state index contributed by atoms with van der Waals surface area (Å²) in [4.78, 5) is 26.5. The van der Waals surface area contributed by atoms with Crippen LogP contribution in [-0.4, -0.2) is 74.8 Å². The van der Waals surface area contributed by atoms with E-state index in [-0.39, 0.29) is 12.1 Å². The van der Waals surface area contributed by atoms with Crippen molar-refractivity contribution in [2.45, 2.75) is 44.7 Å². The van der Waals surface area contributed by atoms with Crippen LogP contribution in [0.15, 0.2) is 54.9 Å². The molecule has 2 amide bonds. The van der Waals surface area contributed by atoms with E-state index >= 15 is 0 Å². The summed E-state index contributed by atoms with van der Waals surface area (Å²) in [6.07, 6.45) is 5.98. The van der Waals surface area contributed by atoms with E-state index in [0.29, 0.717) is 17.5 Å². The zero-order chi connectivity index (χ0) is 27.6. The van der Waals surface area contributed by atoms with E-state index in [4.69, 9.17) is 10.8 Å². The summed E-state index contributed by atoms with van der Waals surface area (Å²) >= 11 is 0. The number of urea groups is 1. The molecule has 1 aliphatic carbocycles. The summed E-state index contributed by atoms with van der Waals surface area (Å²) in [5.41, 5.74) is 11.3. The van der Waals surface area contributed by atoms with Crippen molar-refractivity contribution in [2.24, 2.45) is 0 Å². The molecule has 4 N–H and O–H groups in total. The highest BCUT2D eigenvalue weighted by molar-refractivity contribution is 6.01. The van der Waals surface area contributed by atoms with Crippen LogP contribution < -0.4 is 16.4 Å². The number of nitrogens with two attached hydrogens (primary N) is 1. The van der Waals surface area contributed by atoms with Crippen molar-refractivity contribution in [1.82, 2.24) is 29.5 Å². The number of amides is 2. The van der Waals surface area contributed by atoms with E-state index in [9.17, 15) is 4.79 Å². The normalized spacial score (nSPS) is 20.4. The molecule has 6 rings (SSSR count). The molecular weight excluding hydrogens is 502 g/mol. The molecule has 0 spiro atoms. The van der Waals surface area contributed by atoms with E-state index in [1.165, 1.54) is 6.33 Å². The van der Waals surface area contributed by atoms with Gasteiger partial charge in [0.15, 0.2) is 5.65 Å². The first-order valence-electron chi connectivity index (χ1n) is 14.1. The SMILES string of the molecule is Cc1cccc(NC(=O)Nc2ccc(-c3nn(C4CCC(N5CCN(C)CC5)CC4)c4ncnc(N)c34)cc2)c1. The number of aryl methyl sites for hydroxylation is 1. The van der Waals surface area contributed by atoms with Gasteiger partial charge in [0.2, 0.25) is 0 Å². The Balaban J connectivity index is 1.18. The van der Waals surface area contributed by atoms with Crippen molar-refractivity contribution in [2.75, 3.05) is 49.6 Å². The Morgan fingerprint density at radius 3 is 2.33 bits per heavy atom. The van der Waals surface area contributed by atoms with Gasteiger partial charge >= 0.3 is 6.03 Å². The number of aromatic nitrogens is 4. The van der Waals surface area contributed by atoms with Crippen molar-refractivity contribution in [1.29, 1.82) is 0 Å². The predicted octanol–water partition coefficient (Wildman–Crippen LogP) is 4.76. The first-order valence-corrected chi connectivity index (χ1v) is 14.1. The first-order chi connectivity index (χ1) is 19.4. The van der Waals surface area contributed by atoms with Crippen molar-refractivity contribution in [3.63, 3.8) is 0 Å². The molecule has 3 heterocycles. The van der Waals surface area contributed by atoms with E-state index < -0.39 is 0 Å². The van der Waals surface area contributed by atoms with Gasteiger partial charge in [-0.1, -0.05) is 24.3 Å². The fraction of sp³-hybridized carbons (Fsp3) is 0.400. The zero-order valence-corrected chi connectivity index (χ0v) is 23.2. The molecule has 0 bridgehead atoms. The summed E-state index contributed by atoms with van der Waals surface area (Å²) in [6, 6.07) is 16.0. The summed E-state index contributed by atoms with van der Waals surface area (Å²) in [7, 11) is 2.20. The van der Waals surface area contributed by atoms with Crippen LogP contribution in [0.1, 0.15) is 37.3 Å². The molecule has 1 saturated heterocycles. The fourth-order valence-corrected chi connectivity index (χ4v) is 6.03. The third-order valence-electron chi connectivity index (χ3n) is 8.28. The molecular formula is C30H37N9O. The molecule has 2 fully saturated rings. The number of rotatable bonds is 5. The number of piperazine rings is 1. The number of carbonyl (C=O) groups is 1. The van der Waals surface area contributed by atoms with Gasteiger partial charge in [-0.25, -0.2) is 19.4 Å². The van der Waals surface area contributed by atoms with Crippen LogP contribution in [0, 0.1) is 6.92 Å². The number of anilines is 3. The molecule has 1 saturated carbocycles. The lowest BCUT2D eigenvalue weighted by Gasteiger charge is -2.41. The topological polar surface area (TPSA) is 117 Å². The van der Waals surface area contributed by atoms with Gasteiger partial charge < -0.3 is 21.3 Å². The Bertz CT molecular complexity index is 1480. The van der Waals surface area contributed by atoms with Crippen LogP contribution in [-0.2, 0) is 0 Å². The van der Waals surface area contributed by atoms with Crippen molar-refractivity contribution in [3.05, 3.63) is 60.4 Å². The molecule has 2 aromatic heterocycles. The Hall–Kier alpha value is -4.02. The van der Waals surface area contributed by atoms with Gasteiger partial charge in [-0.05, 0) is 69.5 Å². The highest BCUT2D eigenvalue weighted by Crippen LogP contribution is 2.37. The maximum Gasteiger partial charge on any atom is 0.323 e. The van der Waals surface area contributed by atoms with Crippen molar-refractivity contribution in [3.8, 4) is 11.3 Å². The number of hydrogen-bond acceptors (Lipinski definition) is 7. The van der Waals surface area contributed by atoms with Crippen LogP contribution in [0.2, 0.25) is 0 Å². The van der Waals surface area contributed by atoms with Gasteiger partial charge in [0.25, 0.3) is 0 Å². The van der Waals surface area contributed by atoms with Gasteiger partial charge in [-0.3, -0.25) is 4.90 Å². The van der Waals surface area contributed by atoms with Gasteiger partial charge in [0, 0.05) is 49.2 Å².